The van der Waals surface area contributed by atoms with Crippen LogP contribution in [0.1, 0.15) is 50.7 Å². The fraction of sp³-hybridized carbons (Fsp3) is 0.500. The Bertz CT molecular complexity index is 1220. The first-order chi connectivity index (χ1) is 17.9. The molecule has 4 atom stereocenters. The summed E-state index contributed by atoms with van der Waals surface area (Å²) in [6.07, 6.45) is 0.902. The Balaban J connectivity index is 1.86. The first kappa shape index (κ1) is 28.8. The summed E-state index contributed by atoms with van der Waals surface area (Å²) in [6, 6.07) is 8.39. The number of hydrogen-bond donors (Lipinski definition) is 5. The van der Waals surface area contributed by atoms with Crippen molar-refractivity contribution in [3.05, 3.63) is 63.4 Å². The predicted octanol–water partition coefficient (Wildman–Crippen LogP) is 3.99. The highest BCUT2D eigenvalue weighted by atomic mass is 35.5. The van der Waals surface area contributed by atoms with E-state index in [2.05, 4.69) is 16.0 Å². The number of nitrogens with one attached hydrogen (secondary N) is 3. The molecular formula is C28H34Cl2FN3O4. The van der Waals surface area contributed by atoms with Gasteiger partial charge in [-0.3, -0.25) is 9.59 Å². The van der Waals surface area contributed by atoms with Crippen LogP contribution in [0.2, 0.25) is 10.0 Å². The van der Waals surface area contributed by atoms with Gasteiger partial charge in [0, 0.05) is 48.3 Å². The van der Waals surface area contributed by atoms with Crippen molar-refractivity contribution in [2.24, 2.45) is 11.3 Å². The summed E-state index contributed by atoms with van der Waals surface area (Å²) >= 11 is 12.5. The molecule has 2 heterocycles. The molecule has 4 rings (SSSR count). The normalized spacial score (nSPS) is 24.7. The van der Waals surface area contributed by atoms with Crippen LogP contribution in [0.4, 0.5) is 10.1 Å². The second kappa shape index (κ2) is 11.1. The van der Waals surface area contributed by atoms with Crippen molar-refractivity contribution in [3.63, 3.8) is 0 Å². The first-order valence-electron chi connectivity index (χ1n) is 12.7. The number of aliphatic hydroxyl groups is 2. The number of anilines is 1. The fourth-order valence-corrected chi connectivity index (χ4v) is 6.25. The fourth-order valence-electron chi connectivity index (χ4n) is 5.88. The summed E-state index contributed by atoms with van der Waals surface area (Å²) in [5.41, 5.74) is -0.0165. The molecule has 0 radical (unpaired) electrons. The van der Waals surface area contributed by atoms with Gasteiger partial charge in [-0.1, -0.05) is 56.1 Å². The van der Waals surface area contributed by atoms with Crippen LogP contribution in [0.25, 0.3) is 0 Å². The number of benzene rings is 2. The summed E-state index contributed by atoms with van der Waals surface area (Å²) in [7, 11) is 0. The second-order valence-electron chi connectivity index (χ2n) is 11.4. The number of halogens is 3. The standard InChI is InChI=1S/C28H34Cl2FN3O4/c1-27(2,3)12-22-28(18-10-20(31)19(30)11-21(18)33-26(28)38)23(16-5-4-6-17(29)9-16)24(34-22)25(37)32-8-7-15(13-35)14-36/h4-6,9-11,15,22-24,34-36H,7-8,12-14H2,1-3H3,(H,32,37)(H,33,38). The summed E-state index contributed by atoms with van der Waals surface area (Å²) in [4.78, 5) is 27.8. The molecule has 2 amide bonds. The number of carbonyl (C=O) groups excluding carboxylic acids is 2. The Hall–Kier alpha value is -2.23. The maximum absolute atomic E-state index is 14.9. The summed E-state index contributed by atoms with van der Waals surface area (Å²) < 4.78 is 14.9. The van der Waals surface area contributed by atoms with Gasteiger partial charge in [-0.15, -0.1) is 0 Å². The third-order valence-corrected chi connectivity index (χ3v) is 8.08. The Morgan fingerprint density at radius 2 is 1.89 bits per heavy atom. The number of carbonyl (C=O) groups is 2. The maximum atomic E-state index is 14.9. The third kappa shape index (κ3) is 5.29. The molecule has 0 bridgehead atoms. The maximum Gasteiger partial charge on any atom is 0.237 e. The van der Waals surface area contributed by atoms with E-state index >= 15 is 0 Å². The molecule has 10 heteroatoms. The molecule has 2 aliphatic rings. The van der Waals surface area contributed by atoms with Crippen LogP contribution in [0, 0.1) is 17.2 Å². The Kier molecular flexibility index (Phi) is 8.40. The van der Waals surface area contributed by atoms with Crippen LogP contribution in [-0.2, 0) is 15.0 Å². The zero-order valence-electron chi connectivity index (χ0n) is 21.7. The molecule has 4 unspecified atom stereocenters. The zero-order valence-corrected chi connectivity index (χ0v) is 23.2. The summed E-state index contributed by atoms with van der Waals surface area (Å²) in [5, 5.41) is 28.4. The van der Waals surface area contributed by atoms with E-state index in [1.807, 2.05) is 26.8 Å². The van der Waals surface area contributed by atoms with Crippen LogP contribution in [0.3, 0.4) is 0 Å². The smallest absolute Gasteiger partial charge is 0.237 e. The van der Waals surface area contributed by atoms with Crippen LogP contribution >= 0.6 is 23.2 Å². The Morgan fingerprint density at radius 3 is 2.53 bits per heavy atom. The van der Waals surface area contributed by atoms with E-state index in [4.69, 9.17) is 23.2 Å². The van der Waals surface area contributed by atoms with Gasteiger partial charge in [0.25, 0.3) is 0 Å². The highest BCUT2D eigenvalue weighted by Gasteiger charge is 2.65. The molecule has 7 nitrogen and oxygen atoms in total. The van der Waals surface area contributed by atoms with Gasteiger partial charge in [0.05, 0.1) is 11.1 Å². The molecule has 2 aliphatic heterocycles. The van der Waals surface area contributed by atoms with Crippen molar-refractivity contribution in [1.82, 2.24) is 10.6 Å². The van der Waals surface area contributed by atoms with Gasteiger partial charge in [-0.2, -0.15) is 0 Å². The molecule has 0 aliphatic carbocycles. The molecule has 1 saturated heterocycles. The van der Waals surface area contributed by atoms with Gasteiger partial charge in [0.15, 0.2) is 0 Å². The van der Waals surface area contributed by atoms with E-state index in [0.29, 0.717) is 34.7 Å². The lowest BCUT2D eigenvalue weighted by molar-refractivity contribution is -0.124. The van der Waals surface area contributed by atoms with Crippen LogP contribution in [-0.4, -0.2) is 53.9 Å². The third-order valence-electron chi connectivity index (χ3n) is 7.56. The predicted molar refractivity (Wildman–Crippen MR) is 146 cm³/mol. The molecule has 5 N–H and O–H groups in total. The van der Waals surface area contributed by atoms with E-state index in [9.17, 15) is 24.2 Å². The van der Waals surface area contributed by atoms with Crippen molar-refractivity contribution in [1.29, 1.82) is 0 Å². The molecule has 0 aromatic heterocycles. The van der Waals surface area contributed by atoms with Crippen molar-refractivity contribution in [2.45, 2.75) is 57.0 Å². The van der Waals surface area contributed by atoms with Crippen molar-refractivity contribution in [3.8, 4) is 0 Å². The van der Waals surface area contributed by atoms with Gasteiger partial charge < -0.3 is 26.2 Å². The van der Waals surface area contributed by atoms with Gasteiger partial charge in [0.1, 0.15) is 11.2 Å². The van der Waals surface area contributed by atoms with E-state index in [0.717, 1.165) is 0 Å². The van der Waals surface area contributed by atoms with Crippen molar-refractivity contribution in [2.75, 3.05) is 25.1 Å². The number of hydrogen-bond acceptors (Lipinski definition) is 5. The van der Waals surface area contributed by atoms with E-state index in [1.165, 1.54) is 12.1 Å². The SMILES string of the molecule is CC(C)(C)CC1NC(C(=O)NCCC(CO)CO)C(c2cccc(Cl)c2)C12C(=O)Nc1cc(Cl)c(F)cc12. The Morgan fingerprint density at radius 1 is 1.18 bits per heavy atom. The van der Waals surface area contributed by atoms with Gasteiger partial charge >= 0.3 is 0 Å². The number of amides is 2. The quantitative estimate of drug-likeness (QED) is 0.332. The van der Waals surface area contributed by atoms with Gasteiger partial charge in [-0.05, 0) is 53.6 Å². The average molecular weight is 567 g/mol. The van der Waals surface area contributed by atoms with E-state index < -0.39 is 29.2 Å². The van der Waals surface area contributed by atoms with Crippen molar-refractivity contribution < 1.29 is 24.2 Å². The Labute approximate surface area is 232 Å². The van der Waals surface area contributed by atoms with E-state index in [-0.39, 0.29) is 47.9 Å². The zero-order chi connectivity index (χ0) is 27.8. The lowest BCUT2D eigenvalue weighted by Crippen LogP contribution is -2.49. The lowest BCUT2D eigenvalue weighted by atomic mass is 9.62. The van der Waals surface area contributed by atoms with Crippen LogP contribution < -0.4 is 16.0 Å². The minimum atomic E-state index is -1.32. The molecule has 1 spiro atoms. The second-order valence-corrected chi connectivity index (χ2v) is 12.3. The largest absolute Gasteiger partial charge is 0.396 e. The molecule has 206 valence electrons. The summed E-state index contributed by atoms with van der Waals surface area (Å²) in [5.74, 6) is -2.39. The molecule has 2 aromatic rings. The topological polar surface area (TPSA) is 111 Å². The van der Waals surface area contributed by atoms with Crippen molar-refractivity contribution >= 4 is 40.7 Å². The molecular weight excluding hydrogens is 532 g/mol. The highest BCUT2D eigenvalue weighted by Crippen LogP contribution is 2.57. The van der Waals surface area contributed by atoms with Gasteiger partial charge in [-0.25, -0.2) is 4.39 Å². The molecule has 2 aromatic carbocycles. The van der Waals surface area contributed by atoms with Crippen LogP contribution in [0.5, 0.6) is 0 Å². The molecule has 38 heavy (non-hydrogen) atoms. The number of rotatable bonds is 8. The first-order valence-corrected chi connectivity index (χ1v) is 13.5. The van der Waals surface area contributed by atoms with Gasteiger partial charge in [0.2, 0.25) is 11.8 Å². The number of aliphatic hydroxyl groups excluding tert-OH is 2. The van der Waals surface area contributed by atoms with Crippen LogP contribution in [0.15, 0.2) is 36.4 Å². The average Bonchev–Trinajstić information content (AvgIpc) is 3.31. The summed E-state index contributed by atoms with van der Waals surface area (Å²) in [6.45, 7) is 5.98. The highest BCUT2D eigenvalue weighted by molar-refractivity contribution is 6.31. The van der Waals surface area contributed by atoms with E-state index in [1.54, 1.807) is 18.2 Å². The minimum Gasteiger partial charge on any atom is -0.396 e. The number of fused-ring (bicyclic) bond motifs is 2. The lowest BCUT2D eigenvalue weighted by Gasteiger charge is -2.37. The minimum absolute atomic E-state index is 0.102. The monoisotopic (exact) mass is 565 g/mol. The molecule has 0 saturated carbocycles. The molecule has 1 fully saturated rings.